The van der Waals surface area contributed by atoms with Crippen LogP contribution in [0.4, 0.5) is 0 Å². The molecule has 1 aromatic carbocycles. The number of rotatable bonds is 6. The first-order valence-corrected chi connectivity index (χ1v) is 10.9. The summed E-state index contributed by atoms with van der Waals surface area (Å²) in [7, 11) is -3.85. The van der Waals surface area contributed by atoms with Crippen LogP contribution in [-0.4, -0.2) is 35.1 Å². The van der Waals surface area contributed by atoms with E-state index in [1.165, 1.54) is 23.2 Å². The summed E-state index contributed by atoms with van der Waals surface area (Å²) in [5, 5.41) is 9.57. The van der Waals surface area contributed by atoms with Gasteiger partial charge in [-0.1, -0.05) is 35.3 Å². The molecule has 152 valence electrons. The van der Waals surface area contributed by atoms with Gasteiger partial charge in [0.25, 0.3) is 11.5 Å². The van der Waals surface area contributed by atoms with E-state index in [2.05, 4.69) is 0 Å². The van der Waals surface area contributed by atoms with Gasteiger partial charge in [-0.05, 0) is 38.0 Å². The number of sulfone groups is 1. The van der Waals surface area contributed by atoms with Crippen molar-refractivity contribution in [3.05, 3.63) is 56.4 Å². The van der Waals surface area contributed by atoms with Crippen LogP contribution in [0.1, 0.15) is 18.9 Å². The molecular weight excluding hydrogens is 427 g/mol. The van der Waals surface area contributed by atoms with Gasteiger partial charge in [0.05, 0.1) is 10.0 Å². The van der Waals surface area contributed by atoms with Crippen molar-refractivity contribution in [1.82, 2.24) is 10.0 Å². The van der Waals surface area contributed by atoms with Crippen molar-refractivity contribution >= 4 is 38.9 Å². The summed E-state index contributed by atoms with van der Waals surface area (Å²) in [6.07, 6.45) is 2.21. The van der Waals surface area contributed by atoms with E-state index in [1.807, 2.05) is 0 Å². The van der Waals surface area contributed by atoms with Gasteiger partial charge >= 0.3 is 0 Å². The lowest BCUT2D eigenvalue weighted by molar-refractivity contribution is -0.131. The molecule has 2 rings (SSSR count). The number of carbonyl (C=O) groups excluding carboxylic acids is 1. The van der Waals surface area contributed by atoms with Gasteiger partial charge < -0.3 is 4.57 Å². The van der Waals surface area contributed by atoms with Crippen molar-refractivity contribution < 1.29 is 18.4 Å². The molecule has 28 heavy (non-hydrogen) atoms. The topological polar surface area (TPSA) is 105 Å². The van der Waals surface area contributed by atoms with Crippen LogP contribution in [0.2, 0.25) is 10.0 Å². The Morgan fingerprint density at radius 3 is 2.46 bits per heavy atom. The second-order valence-corrected chi connectivity index (χ2v) is 9.88. The first-order valence-electron chi connectivity index (χ1n) is 8.22. The Balaban J connectivity index is 2.42. The maximum atomic E-state index is 12.8. The van der Waals surface area contributed by atoms with Gasteiger partial charge in [-0.2, -0.15) is 0 Å². The third-order valence-corrected chi connectivity index (χ3v) is 7.72. The molecule has 0 radical (unpaired) electrons. The smallest absolute Gasteiger partial charge is 0.264 e. The molecule has 1 atom stereocenters. The molecule has 1 heterocycles. The molecular formula is C18H20Cl2N2O5S. The zero-order valence-electron chi connectivity index (χ0n) is 15.5. The quantitative estimate of drug-likeness (QED) is 0.524. The predicted octanol–water partition coefficient (Wildman–Crippen LogP) is 2.83. The van der Waals surface area contributed by atoms with E-state index >= 15 is 0 Å². The van der Waals surface area contributed by atoms with Crippen LogP contribution >= 0.6 is 23.2 Å². The highest BCUT2D eigenvalue weighted by molar-refractivity contribution is 7.92. The number of hydrogen-bond donors (Lipinski definition) is 2. The highest BCUT2D eigenvalue weighted by atomic mass is 35.5. The Morgan fingerprint density at radius 2 is 1.89 bits per heavy atom. The maximum Gasteiger partial charge on any atom is 0.264 e. The summed E-state index contributed by atoms with van der Waals surface area (Å²) in [5.41, 5.74) is 2.65. The molecule has 0 fully saturated rings. The van der Waals surface area contributed by atoms with Crippen molar-refractivity contribution in [2.24, 2.45) is 0 Å². The van der Waals surface area contributed by atoms with Gasteiger partial charge in [0.2, 0.25) is 0 Å². The number of nitrogens with zero attached hydrogens (tertiary/aromatic N) is 1. The largest absolute Gasteiger partial charge is 0.315 e. The number of halogens is 2. The van der Waals surface area contributed by atoms with Crippen molar-refractivity contribution in [2.75, 3.05) is 6.26 Å². The van der Waals surface area contributed by atoms with Gasteiger partial charge in [-0.15, -0.1) is 0 Å². The van der Waals surface area contributed by atoms with E-state index in [9.17, 15) is 18.0 Å². The molecule has 7 nitrogen and oxygen atoms in total. The Bertz CT molecular complexity index is 1080. The van der Waals surface area contributed by atoms with Crippen molar-refractivity contribution in [1.29, 1.82) is 0 Å². The molecule has 2 aromatic rings. The number of nitrogens with one attached hydrogen (secondary N) is 1. The fraction of sp³-hybridized carbons (Fsp3) is 0.333. The number of hydrogen-bond acceptors (Lipinski definition) is 5. The highest BCUT2D eigenvalue weighted by Gasteiger charge is 2.43. The average Bonchev–Trinajstić information content (AvgIpc) is 2.63. The normalized spacial score (nSPS) is 13.8. The summed E-state index contributed by atoms with van der Waals surface area (Å²) < 4.78 is 23.5. The van der Waals surface area contributed by atoms with Crippen LogP contribution in [0, 0.1) is 6.92 Å². The summed E-state index contributed by atoms with van der Waals surface area (Å²) in [6.45, 7) is 2.79. The zero-order chi connectivity index (χ0) is 21.3. The number of benzene rings is 1. The van der Waals surface area contributed by atoms with E-state index in [0.29, 0.717) is 26.7 Å². The van der Waals surface area contributed by atoms with Crippen molar-refractivity contribution in [3.63, 3.8) is 0 Å². The molecule has 0 spiro atoms. The molecule has 0 saturated carbocycles. The van der Waals surface area contributed by atoms with Crippen LogP contribution in [0.3, 0.4) is 0 Å². The summed E-state index contributed by atoms with van der Waals surface area (Å²) in [4.78, 5) is 24.7. The molecule has 2 N–H and O–H groups in total. The molecule has 0 unspecified atom stereocenters. The zero-order valence-corrected chi connectivity index (χ0v) is 17.8. The van der Waals surface area contributed by atoms with Gasteiger partial charge in [0, 0.05) is 30.1 Å². The van der Waals surface area contributed by atoms with E-state index in [-0.39, 0.29) is 18.5 Å². The Labute approximate surface area is 172 Å². The predicted molar refractivity (Wildman–Crippen MR) is 109 cm³/mol. The molecule has 1 aromatic heterocycles. The summed E-state index contributed by atoms with van der Waals surface area (Å²) in [6, 6.07) is 6.78. The van der Waals surface area contributed by atoms with Gasteiger partial charge in [-0.25, -0.2) is 13.9 Å². The molecule has 0 saturated heterocycles. The van der Waals surface area contributed by atoms with Gasteiger partial charge in [0.15, 0.2) is 14.6 Å². The number of aromatic nitrogens is 1. The lowest BCUT2D eigenvalue weighted by Crippen LogP contribution is -2.50. The minimum absolute atomic E-state index is 0.0414. The fourth-order valence-electron chi connectivity index (χ4n) is 2.79. The summed E-state index contributed by atoms with van der Waals surface area (Å²) in [5.74, 6) is -1.05. The minimum Gasteiger partial charge on any atom is -0.315 e. The SMILES string of the molecule is Cc1c(-c2cccc(Cl)c2Cl)ccn(CC[C@](C)(C(=O)NO)S(C)(=O)=O)c1=O. The van der Waals surface area contributed by atoms with E-state index in [1.54, 1.807) is 31.2 Å². The number of hydroxylamine groups is 1. The fourth-order valence-corrected chi connectivity index (χ4v) is 4.03. The number of carbonyl (C=O) groups is 1. The maximum absolute atomic E-state index is 12.8. The van der Waals surface area contributed by atoms with E-state index in [4.69, 9.17) is 28.4 Å². The van der Waals surface area contributed by atoms with Crippen molar-refractivity contribution in [3.8, 4) is 11.1 Å². The highest BCUT2D eigenvalue weighted by Crippen LogP contribution is 2.34. The molecule has 0 aliphatic rings. The Hall–Kier alpha value is -1.87. The third-order valence-electron chi connectivity index (χ3n) is 4.88. The lowest BCUT2D eigenvalue weighted by atomic mass is 10.0. The number of aryl methyl sites for hydroxylation is 1. The number of pyridine rings is 1. The standard InChI is InChI=1S/C18H20Cl2N2O5S/c1-11-12(13-5-4-6-14(19)15(13)20)7-9-22(16(11)23)10-8-18(2,17(24)21-25)28(3,26)27/h4-7,9,25H,8,10H2,1-3H3,(H,21,24)/t18-/m1/s1. The molecule has 0 aliphatic heterocycles. The Kier molecular flexibility index (Phi) is 6.60. The van der Waals surface area contributed by atoms with Gasteiger partial charge in [-0.3, -0.25) is 14.8 Å². The second kappa shape index (κ2) is 8.24. The Morgan fingerprint density at radius 1 is 1.25 bits per heavy atom. The monoisotopic (exact) mass is 446 g/mol. The van der Waals surface area contributed by atoms with Crippen LogP contribution in [0.25, 0.3) is 11.1 Å². The first-order chi connectivity index (χ1) is 12.9. The van der Waals surface area contributed by atoms with Crippen LogP contribution in [0.5, 0.6) is 0 Å². The van der Waals surface area contributed by atoms with Crippen LogP contribution in [-0.2, 0) is 21.2 Å². The molecule has 1 amide bonds. The van der Waals surface area contributed by atoms with Crippen LogP contribution < -0.4 is 11.0 Å². The van der Waals surface area contributed by atoms with E-state index < -0.39 is 20.5 Å². The van der Waals surface area contributed by atoms with E-state index in [0.717, 1.165) is 6.26 Å². The molecule has 0 aliphatic carbocycles. The summed E-state index contributed by atoms with van der Waals surface area (Å²) >= 11 is 12.3. The van der Waals surface area contributed by atoms with Crippen molar-refractivity contribution in [2.45, 2.75) is 31.6 Å². The first kappa shape index (κ1) is 22.4. The van der Waals surface area contributed by atoms with Gasteiger partial charge in [0.1, 0.15) is 0 Å². The number of amides is 1. The minimum atomic E-state index is -3.85. The second-order valence-electron chi connectivity index (χ2n) is 6.65. The van der Waals surface area contributed by atoms with Crippen LogP contribution in [0.15, 0.2) is 35.3 Å². The average molecular weight is 447 g/mol. The lowest BCUT2D eigenvalue weighted by Gasteiger charge is -2.25. The molecule has 10 heteroatoms. The molecule has 0 bridgehead atoms. The third kappa shape index (κ3) is 4.10.